The van der Waals surface area contributed by atoms with Gasteiger partial charge in [0, 0.05) is 19.7 Å². The van der Waals surface area contributed by atoms with Crippen molar-refractivity contribution in [1.82, 2.24) is 9.97 Å². The zero-order chi connectivity index (χ0) is 14.4. The van der Waals surface area contributed by atoms with Crippen LogP contribution in [0.25, 0.3) is 0 Å². The first kappa shape index (κ1) is 15.5. The number of nitrogens with zero attached hydrogens (tertiary/aromatic N) is 2. The van der Waals surface area contributed by atoms with Crippen LogP contribution in [0.15, 0.2) is 6.07 Å². The Balaban J connectivity index is 1.78. The highest BCUT2D eigenvalue weighted by molar-refractivity contribution is 6.29. The smallest absolute Gasteiger partial charge is 0.158 e. The van der Waals surface area contributed by atoms with Gasteiger partial charge in [-0.1, -0.05) is 44.2 Å². The Morgan fingerprint density at radius 3 is 2.75 bits per heavy atom. The quantitative estimate of drug-likeness (QED) is 0.809. The van der Waals surface area contributed by atoms with E-state index in [0.717, 1.165) is 24.2 Å². The van der Waals surface area contributed by atoms with Gasteiger partial charge in [-0.2, -0.15) is 0 Å². The number of ether oxygens (including phenoxy) is 1. The van der Waals surface area contributed by atoms with Gasteiger partial charge in [0.15, 0.2) is 5.82 Å². The third kappa shape index (κ3) is 4.91. The first-order chi connectivity index (χ1) is 9.67. The summed E-state index contributed by atoms with van der Waals surface area (Å²) >= 11 is 5.98. The molecule has 112 valence electrons. The average Bonchev–Trinajstić information content (AvgIpc) is 2.41. The Morgan fingerprint density at radius 2 is 2.05 bits per heavy atom. The maximum Gasteiger partial charge on any atom is 0.158 e. The molecule has 4 nitrogen and oxygen atoms in total. The molecule has 0 unspecified atom stereocenters. The molecule has 1 aromatic rings. The van der Waals surface area contributed by atoms with Crippen LogP contribution in [0.3, 0.4) is 0 Å². The maximum absolute atomic E-state index is 5.98. The van der Waals surface area contributed by atoms with Crippen LogP contribution < -0.4 is 5.32 Å². The third-order valence-corrected chi connectivity index (χ3v) is 4.20. The van der Waals surface area contributed by atoms with Crippen LogP contribution in [-0.4, -0.2) is 23.6 Å². The number of methoxy groups -OCH3 is 1. The van der Waals surface area contributed by atoms with Gasteiger partial charge in [-0.3, -0.25) is 0 Å². The van der Waals surface area contributed by atoms with Crippen molar-refractivity contribution >= 4 is 17.4 Å². The van der Waals surface area contributed by atoms with Gasteiger partial charge in [-0.15, -0.1) is 0 Å². The number of nitrogens with one attached hydrogen (secondary N) is 1. The molecule has 0 radical (unpaired) electrons. The monoisotopic (exact) mass is 297 g/mol. The van der Waals surface area contributed by atoms with Crippen molar-refractivity contribution < 1.29 is 4.74 Å². The Morgan fingerprint density at radius 1 is 1.30 bits per heavy atom. The lowest BCUT2D eigenvalue weighted by atomic mass is 9.81. The van der Waals surface area contributed by atoms with Gasteiger partial charge in [0.25, 0.3) is 0 Å². The Bertz CT molecular complexity index is 420. The summed E-state index contributed by atoms with van der Waals surface area (Å²) in [5, 5.41) is 3.81. The van der Waals surface area contributed by atoms with Crippen molar-refractivity contribution in [2.24, 2.45) is 11.8 Å². The molecule has 0 saturated heterocycles. The third-order valence-electron chi connectivity index (χ3n) is 4.01. The summed E-state index contributed by atoms with van der Waals surface area (Å²) < 4.78 is 5.04. The molecule has 1 aromatic heterocycles. The van der Waals surface area contributed by atoms with Crippen molar-refractivity contribution in [3.05, 3.63) is 17.0 Å². The molecule has 0 aromatic carbocycles. The zero-order valence-corrected chi connectivity index (χ0v) is 13.1. The fourth-order valence-corrected chi connectivity index (χ4v) is 2.97. The largest absolute Gasteiger partial charge is 0.377 e. The van der Waals surface area contributed by atoms with Crippen molar-refractivity contribution in [2.45, 2.75) is 45.6 Å². The molecule has 1 saturated carbocycles. The van der Waals surface area contributed by atoms with Gasteiger partial charge < -0.3 is 10.1 Å². The molecule has 0 bridgehead atoms. The molecular weight excluding hydrogens is 274 g/mol. The fraction of sp³-hybridized carbons (Fsp3) is 0.733. The summed E-state index contributed by atoms with van der Waals surface area (Å²) in [7, 11) is 1.63. The normalized spacial score (nSPS) is 22.8. The van der Waals surface area contributed by atoms with Gasteiger partial charge in [0.1, 0.15) is 17.6 Å². The number of hydrogen-bond donors (Lipinski definition) is 1. The molecule has 1 fully saturated rings. The standard InChI is InChI=1S/C15H24ClN3O/c1-11-3-5-12(6-4-11)7-8-17-14-9-13(16)18-15(19-14)10-20-2/h9,11-12H,3-8,10H2,1-2H3,(H,17,18,19). The highest BCUT2D eigenvalue weighted by Crippen LogP contribution is 2.30. The van der Waals surface area contributed by atoms with Gasteiger partial charge in [-0.05, 0) is 18.3 Å². The van der Waals surface area contributed by atoms with Crippen LogP contribution in [0.2, 0.25) is 5.15 Å². The maximum atomic E-state index is 5.98. The van der Waals surface area contributed by atoms with Gasteiger partial charge >= 0.3 is 0 Å². The van der Waals surface area contributed by atoms with Crippen LogP contribution >= 0.6 is 11.6 Å². The number of anilines is 1. The van der Waals surface area contributed by atoms with Crippen LogP contribution in [0, 0.1) is 11.8 Å². The van der Waals surface area contributed by atoms with E-state index in [4.69, 9.17) is 16.3 Å². The first-order valence-electron chi connectivity index (χ1n) is 7.43. The SMILES string of the molecule is COCc1nc(Cl)cc(NCCC2CCC(C)CC2)n1. The molecule has 1 aliphatic carbocycles. The van der Waals surface area contributed by atoms with Crippen LogP contribution in [0.5, 0.6) is 0 Å². The second-order valence-corrected chi connectivity index (χ2v) is 6.15. The first-order valence-corrected chi connectivity index (χ1v) is 7.81. The molecule has 0 spiro atoms. The minimum Gasteiger partial charge on any atom is -0.377 e. The molecule has 2 rings (SSSR count). The zero-order valence-electron chi connectivity index (χ0n) is 12.4. The number of hydrogen-bond acceptors (Lipinski definition) is 4. The summed E-state index contributed by atoms with van der Waals surface area (Å²) in [6.07, 6.45) is 6.68. The van der Waals surface area contributed by atoms with E-state index in [1.165, 1.54) is 32.1 Å². The van der Waals surface area contributed by atoms with Gasteiger partial charge in [-0.25, -0.2) is 9.97 Å². The molecule has 1 heterocycles. The van der Waals surface area contributed by atoms with Crippen molar-refractivity contribution in [3.63, 3.8) is 0 Å². The predicted octanol–water partition coefficient (Wildman–Crippen LogP) is 3.90. The fourth-order valence-electron chi connectivity index (χ4n) is 2.77. The summed E-state index contributed by atoms with van der Waals surface area (Å²) in [4.78, 5) is 8.51. The molecule has 5 heteroatoms. The second kappa shape index (κ2) is 7.79. The molecule has 0 amide bonds. The predicted molar refractivity (Wildman–Crippen MR) is 82.0 cm³/mol. The minimum absolute atomic E-state index is 0.385. The lowest BCUT2D eigenvalue weighted by Crippen LogP contribution is -2.16. The lowest BCUT2D eigenvalue weighted by molar-refractivity contribution is 0.178. The van der Waals surface area contributed by atoms with Crippen LogP contribution in [0.4, 0.5) is 5.82 Å². The van der Waals surface area contributed by atoms with E-state index in [-0.39, 0.29) is 0 Å². The van der Waals surface area contributed by atoms with E-state index in [1.807, 2.05) is 0 Å². The van der Waals surface area contributed by atoms with Crippen molar-refractivity contribution in [1.29, 1.82) is 0 Å². The number of aromatic nitrogens is 2. The average molecular weight is 298 g/mol. The number of halogens is 1. The topological polar surface area (TPSA) is 47.0 Å². The second-order valence-electron chi connectivity index (χ2n) is 5.77. The molecule has 1 aliphatic rings. The van der Waals surface area contributed by atoms with Crippen LogP contribution in [-0.2, 0) is 11.3 Å². The lowest BCUT2D eigenvalue weighted by Gasteiger charge is -2.26. The van der Waals surface area contributed by atoms with E-state index >= 15 is 0 Å². The summed E-state index contributed by atoms with van der Waals surface area (Å²) in [6, 6.07) is 1.77. The molecule has 1 N–H and O–H groups in total. The Kier molecular flexibility index (Phi) is 6.05. The Labute approximate surface area is 126 Å². The van der Waals surface area contributed by atoms with E-state index in [2.05, 4.69) is 22.2 Å². The summed E-state index contributed by atoms with van der Waals surface area (Å²) in [6.45, 7) is 3.68. The minimum atomic E-state index is 0.385. The van der Waals surface area contributed by atoms with Gasteiger partial charge in [0.2, 0.25) is 0 Å². The highest BCUT2D eigenvalue weighted by Gasteiger charge is 2.17. The van der Waals surface area contributed by atoms with E-state index < -0.39 is 0 Å². The summed E-state index contributed by atoms with van der Waals surface area (Å²) in [5.74, 6) is 3.18. The van der Waals surface area contributed by atoms with Crippen LogP contribution in [0.1, 0.15) is 44.9 Å². The molecule has 0 atom stereocenters. The van der Waals surface area contributed by atoms with E-state index in [0.29, 0.717) is 17.6 Å². The highest BCUT2D eigenvalue weighted by atomic mass is 35.5. The molecular formula is C15H24ClN3O. The number of rotatable bonds is 6. The van der Waals surface area contributed by atoms with Crippen molar-refractivity contribution in [3.8, 4) is 0 Å². The van der Waals surface area contributed by atoms with Gasteiger partial charge in [0.05, 0.1) is 0 Å². The van der Waals surface area contributed by atoms with E-state index in [1.54, 1.807) is 13.2 Å². The van der Waals surface area contributed by atoms with Crippen molar-refractivity contribution in [2.75, 3.05) is 19.0 Å². The molecule has 0 aliphatic heterocycles. The summed E-state index contributed by atoms with van der Waals surface area (Å²) in [5.41, 5.74) is 0. The molecule has 20 heavy (non-hydrogen) atoms. The van der Waals surface area contributed by atoms with E-state index in [9.17, 15) is 0 Å². The Hall–Kier alpha value is -0.870.